The summed E-state index contributed by atoms with van der Waals surface area (Å²) in [5.74, 6) is 1.87. The third-order valence-corrected chi connectivity index (χ3v) is 7.39. The Balaban J connectivity index is 1.32. The van der Waals surface area contributed by atoms with Crippen molar-refractivity contribution in [2.45, 2.75) is 13.3 Å². The van der Waals surface area contributed by atoms with Gasteiger partial charge in [-0.15, -0.1) is 22.7 Å². The zero-order chi connectivity index (χ0) is 21.4. The van der Waals surface area contributed by atoms with Crippen molar-refractivity contribution >= 4 is 61.7 Å². The van der Waals surface area contributed by atoms with Crippen molar-refractivity contribution in [1.29, 1.82) is 0 Å². The average Bonchev–Trinajstić information content (AvgIpc) is 3.52. The van der Waals surface area contributed by atoms with Crippen molar-refractivity contribution in [2.75, 3.05) is 6.61 Å². The van der Waals surface area contributed by atoms with Crippen molar-refractivity contribution in [3.63, 3.8) is 0 Å². The molecule has 9 heteroatoms. The summed E-state index contributed by atoms with van der Waals surface area (Å²) >= 11 is 4.09. The standard InChI is InChI=1S/C22H16N2O4S3/c1-12-15(23-21(28-12)17-3-2-9-29-17)6-8-27-16-5-4-13(19-14(16)7-10-30-19)11-18-20(25)24-22(26)31-18/h2-5,7,9-11H,6,8H2,1H3,(H,24,25,26). The summed E-state index contributed by atoms with van der Waals surface area (Å²) in [6.07, 6.45) is 2.38. The minimum Gasteiger partial charge on any atom is -0.493 e. The topological polar surface area (TPSA) is 81.4 Å². The van der Waals surface area contributed by atoms with Crippen molar-refractivity contribution in [3.8, 4) is 16.5 Å². The summed E-state index contributed by atoms with van der Waals surface area (Å²) in [6.45, 7) is 2.39. The number of imide groups is 1. The maximum atomic E-state index is 11.9. The van der Waals surface area contributed by atoms with Crippen LogP contribution in [0.5, 0.6) is 5.75 Å². The Hall–Kier alpha value is -2.88. The Kier molecular flexibility index (Phi) is 5.39. The Morgan fingerprint density at radius 3 is 2.84 bits per heavy atom. The largest absolute Gasteiger partial charge is 0.493 e. The van der Waals surface area contributed by atoms with Gasteiger partial charge in [0.05, 0.1) is 22.1 Å². The summed E-state index contributed by atoms with van der Waals surface area (Å²) in [4.78, 5) is 29.3. The number of carbonyl (C=O) groups is 2. The van der Waals surface area contributed by atoms with Crippen LogP contribution in [0.3, 0.4) is 0 Å². The highest BCUT2D eigenvalue weighted by Crippen LogP contribution is 2.36. The van der Waals surface area contributed by atoms with Gasteiger partial charge in [0.1, 0.15) is 11.5 Å². The highest BCUT2D eigenvalue weighted by molar-refractivity contribution is 8.18. The highest BCUT2D eigenvalue weighted by atomic mass is 32.2. The number of nitrogens with zero attached hydrogens (tertiary/aromatic N) is 1. The van der Waals surface area contributed by atoms with Crippen molar-refractivity contribution in [2.24, 2.45) is 0 Å². The van der Waals surface area contributed by atoms with E-state index < -0.39 is 0 Å². The second-order valence-electron chi connectivity index (χ2n) is 6.77. The number of thioether (sulfide) groups is 1. The molecule has 0 bridgehead atoms. The summed E-state index contributed by atoms with van der Waals surface area (Å²) in [5, 5.41) is 6.90. The maximum Gasteiger partial charge on any atom is 0.290 e. The molecule has 0 spiro atoms. The van der Waals surface area contributed by atoms with Gasteiger partial charge in [0.2, 0.25) is 5.89 Å². The van der Waals surface area contributed by atoms with Crippen LogP contribution in [0.4, 0.5) is 4.79 Å². The van der Waals surface area contributed by atoms with Gasteiger partial charge in [-0.3, -0.25) is 14.9 Å². The quantitative estimate of drug-likeness (QED) is 0.356. The molecule has 1 saturated heterocycles. The first kappa shape index (κ1) is 20.0. The molecule has 1 aromatic carbocycles. The zero-order valence-electron chi connectivity index (χ0n) is 16.3. The van der Waals surface area contributed by atoms with Crippen LogP contribution in [0.15, 0.2) is 50.4 Å². The lowest BCUT2D eigenvalue weighted by Crippen LogP contribution is -2.17. The Morgan fingerprint density at radius 2 is 2.06 bits per heavy atom. The van der Waals surface area contributed by atoms with Crippen LogP contribution in [-0.4, -0.2) is 22.7 Å². The van der Waals surface area contributed by atoms with Gasteiger partial charge < -0.3 is 9.15 Å². The molecule has 0 radical (unpaired) electrons. The number of hydrogen-bond acceptors (Lipinski definition) is 8. The molecule has 1 N–H and O–H groups in total. The summed E-state index contributed by atoms with van der Waals surface area (Å²) in [7, 11) is 0. The predicted octanol–water partition coefficient (Wildman–Crippen LogP) is 5.87. The summed E-state index contributed by atoms with van der Waals surface area (Å²) < 4.78 is 12.9. The molecule has 0 atom stereocenters. The number of benzene rings is 1. The number of thiophene rings is 2. The molecule has 1 aliphatic heterocycles. The van der Waals surface area contributed by atoms with Gasteiger partial charge in [-0.2, -0.15) is 0 Å². The molecule has 2 amide bonds. The third-order valence-electron chi connectivity index (χ3n) is 4.76. The molecule has 1 aliphatic rings. The molecule has 31 heavy (non-hydrogen) atoms. The molecule has 1 fully saturated rings. The van der Waals surface area contributed by atoms with Gasteiger partial charge in [-0.25, -0.2) is 4.98 Å². The lowest BCUT2D eigenvalue weighted by Gasteiger charge is -2.08. The van der Waals surface area contributed by atoms with E-state index in [1.54, 1.807) is 28.7 Å². The number of amides is 2. The van der Waals surface area contributed by atoms with Crippen molar-refractivity contribution < 1.29 is 18.7 Å². The second-order valence-corrected chi connectivity index (χ2v) is 9.64. The highest BCUT2D eigenvalue weighted by Gasteiger charge is 2.25. The zero-order valence-corrected chi connectivity index (χ0v) is 18.8. The lowest BCUT2D eigenvalue weighted by atomic mass is 10.1. The summed E-state index contributed by atoms with van der Waals surface area (Å²) in [5.41, 5.74) is 1.78. The molecule has 0 saturated carbocycles. The van der Waals surface area contributed by atoms with E-state index in [-0.39, 0.29) is 11.1 Å². The minimum atomic E-state index is -0.357. The fourth-order valence-electron chi connectivity index (χ4n) is 3.28. The van der Waals surface area contributed by atoms with E-state index in [1.807, 2.05) is 48.0 Å². The van der Waals surface area contributed by atoms with E-state index >= 15 is 0 Å². The van der Waals surface area contributed by atoms with E-state index in [9.17, 15) is 9.59 Å². The first-order chi connectivity index (χ1) is 15.1. The number of ether oxygens (including phenoxy) is 1. The van der Waals surface area contributed by atoms with Gasteiger partial charge >= 0.3 is 0 Å². The number of hydrogen-bond donors (Lipinski definition) is 1. The van der Waals surface area contributed by atoms with E-state index in [0.717, 1.165) is 49.5 Å². The molecule has 156 valence electrons. The molecular formula is C22H16N2O4S3. The first-order valence-corrected chi connectivity index (χ1v) is 12.0. The Bertz CT molecular complexity index is 1320. The van der Waals surface area contributed by atoms with Gasteiger partial charge in [0.15, 0.2) is 0 Å². The van der Waals surface area contributed by atoms with E-state index in [1.165, 1.54) is 0 Å². The van der Waals surface area contributed by atoms with Crippen LogP contribution in [0.2, 0.25) is 0 Å². The van der Waals surface area contributed by atoms with Crippen LogP contribution >= 0.6 is 34.4 Å². The third kappa shape index (κ3) is 4.04. The average molecular weight is 469 g/mol. The Labute approximate surface area is 189 Å². The maximum absolute atomic E-state index is 11.9. The molecule has 0 unspecified atom stereocenters. The molecule has 5 rings (SSSR count). The number of fused-ring (bicyclic) bond motifs is 1. The number of rotatable bonds is 6. The first-order valence-electron chi connectivity index (χ1n) is 9.46. The lowest BCUT2D eigenvalue weighted by molar-refractivity contribution is -0.115. The van der Waals surface area contributed by atoms with Gasteiger partial charge in [0, 0.05) is 16.5 Å². The van der Waals surface area contributed by atoms with E-state index in [2.05, 4.69) is 10.3 Å². The minimum absolute atomic E-state index is 0.344. The SMILES string of the molecule is Cc1oc(-c2cccs2)nc1CCOc1ccc(C=C2SC(=O)NC2=O)c2sccc12. The normalized spacial score (nSPS) is 15.2. The Morgan fingerprint density at radius 1 is 1.16 bits per heavy atom. The fourth-order valence-corrected chi connectivity index (χ4v) is 5.50. The number of aryl methyl sites for hydroxylation is 1. The van der Waals surface area contributed by atoms with Crippen LogP contribution in [0.25, 0.3) is 26.9 Å². The monoisotopic (exact) mass is 468 g/mol. The van der Waals surface area contributed by atoms with Crippen molar-refractivity contribution in [3.05, 3.63) is 63.0 Å². The predicted molar refractivity (Wildman–Crippen MR) is 125 cm³/mol. The smallest absolute Gasteiger partial charge is 0.290 e. The van der Waals surface area contributed by atoms with Gasteiger partial charge in [-0.1, -0.05) is 6.07 Å². The molecular weight excluding hydrogens is 452 g/mol. The molecule has 4 aromatic rings. The second kappa shape index (κ2) is 8.33. The summed E-state index contributed by atoms with van der Waals surface area (Å²) in [6, 6.07) is 9.77. The van der Waals surface area contributed by atoms with Gasteiger partial charge in [-0.05, 0) is 65.4 Å². The van der Waals surface area contributed by atoms with Gasteiger partial charge in [0.25, 0.3) is 11.1 Å². The van der Waals surface area contributed by atoms with Crippen LogP contribution in [-0.2, 0) is 11.2 Å². The fraction of sp³-hybridized carbons (Fsp3) is 0.136. The molecule has 3 aromatic heterocycles. The number of aromatic nitrogens is 1. The van der Waals surface area contributed by atoms with E-state index in [0.29, 0.717) is 23.8 Å². The van der Waals surface area contributed by atoms with Crippen molar-refractivity contribution in [1.82, 2.24) is 10.3 Å². The van der Waals surface area contributed by atoms with Crippen LogP contribution in [0.1, 0.15) is 17.0 Å². The van der Waals surface area contributed by atoms with E-state index in [4.69, 9.17) is 9.15 Å². The molecule has 6 nitrogen and oxygen atoms in total. The number of carbonyl (C=O) groups excluding carboxylic acids is 2. The van der Waals surface area contributed by atoms with Crippen LogP contribution < -0.4 is 10.1 Å². The number of nitrogens with one attached hydrogen (secondary N) is 1. The molecule has 4 heterocycles. The van der Waals surface area contributed by atoms with Crippen LogP contribution in [0, 0.1) is 6.92 Å². The molecule has 0 aliphatic carbocycles. The number of oxazole rings is 1.